The molecule has 0 atom stereocenters. The summed E-state index contributed by atoms with van der Waals surface area (Å²) in [4.78, 5) is 24.4. The van der Waals surface area contributed by atoms with Gasteiger partial charge in [0.05, 0.1) is 11.6 Å². The highest BCUT2D eigenvalue weighted by atomic mass is 35.5. The van der Waals surface area contributed by atoms with Crippen molar-refractivity contribution in [3.05, 3.63) is 29.3 Å². The van der Waals surface area contributed by atoms with Gasteiger partial charge in [-0.2, -0.15) is 0 Å². The third-order valence-corrected chi connectivity index (χ3v) is 2.86. The molecular formula is C12H12ClNO3. The quantitative estimate of drug-likeness (QED) is 0.773. The molecule has 4 nitrogen and oxygen atoms in total. The Morgan fingerprint density at radius 1 is 1.35 bits per heavy atom. The fourth-order valence-corrected chi connectivity index (χ4v) is 1.85. The molecule has 90 valence electrons. The van der Waals surface area contributed by atoms with Crippen LogP contribution in [0.25, 0.3) is 0 Å². The van der Waals surface area contributed by atoms with Crippen LogP contribution in [0.2, 0.25) is 5.02 Å². The number of nitrogens with zero attached hydrogens (tertiary/aromatic N) is 1. The van der Waals surface area contributed by atoms with E-state index in [1.807, 2.05) is 0 Å². The first-order valence-electron chi connectivity index (χ1n) is 5.40. The average molecular weight is 254 g/mol. The second-order valence-electron chi connectivity index (χ2n) is 3.86. The van der Waals surface area contributed by atoms with E-state index in [4.69, 9.17) is 16.3 Å². The zero-order valence-corrected chi connectivity index (χ0v) is 9.94. The number of hydrogen-bond donors (Lipinski definition) is 0. The number of carbonyl (C=O) groups excluding carboxylic acids is 2. The zero-order valence-electron chi connectivity index (χ0n) is 9.19. The van der Waals surface area contributed by atoms with Gasteiger partial charge in [0.1, 0.15) is 0 Å². The van der Waals surface area contributed by atoms with E-state index in [0.29, 0.717) is 30.2 Å². The lowest BCUT2D eigenvalue weighted by atomic mass is 10.1. The van der Waals surface area contributed by atoms with Gasteiger partial charge >= 0.3 is 6.09 Å². The van der Waals surface area contributed by atoms with Crippen LogP contribution in [0.1, 0.15) is 12.8 Å². The smallest absolute Gasteiger partial charge is 0.409 e. The molecule has 0 radical (unpaired) electrons. The summed E-state index contributed by atoms with van der Waals surface area (Å²) in [7, 11) is 0. The normalized spacial score (nSPS) is 15.8. The number of piperidine rings is 1. The van der Waals surface area contributed by atoms with Gasteiger partial charge in [0.15, 0.2) is 11.5 Å². The van der Waals surface area contributed by atoms with Crippen LogP contribution in [-0.2, 0) is 4.79 Å². The molecule has 5 heteroatoms. The van der Waals surface area contributed by atoms with Crippen LogP contribution < -0.4 is 4.74 Å². The molecule has 1 saturated heterocycles. The molecule has 1 aromatic rings. The van der Waals surface area contributed by atoms with E-state index in [9.17, 15) is 9.59 Å². The Morgan fingerprint density at radius 3 is 2.82 bits per heavy atom. The van der Waals surface area contributed by atoms with Crippen LogP contribution in [-0.4, -0.2) is 29.9 Å². The SMILES string of the molecule is O=C1CCCN(C(=O)Oc2ccccc2Cl)C1. The Balaban J connectivity index is 2.02. The second kappa shape index (κ2) is 5.19. The highest BCUT2D eigenvalue weighted by molar-refractivity contribution is 6.32. The Hall–Kier alpha value is -1.55. The molecule has 1 aromatic carbocycles. The summed E-state index contributed by atoms with van der Waals surface area (Å²) in [6.45, 7) is 0.679. The van der Waals surface area contributed by atoms with E-state index in [1.54, 1.807) is 24.3 Å². The third-order valence-electron chi connectivity index (χ3n) is 2.54. The lowest BCUT2D eigenvalue weighted by Gasteiger charge is -2.24. The summed E-state index contributed by atoms with van der Waals surface area (Å²) >= 11 is 5.87. The van der Waals surface area contributed by atoms with Gasteiger partial charge in [0.2, 0.25) is 0 Å². The van der Waals surface area contributed by atoms with E-state index in [0.717, 1.165) is 0 Å². The van der Waals surface area contributed by atoms with E-state index < -0.39 is 6.09 Å². The minimum Gasteiger partial charge on any atom is -0.409 e. The van der Waals surface area contributed by atoms with Crippen LogP contribution in [0.15, 0.2) is 24.3 Å². The molecule has 0 saturated carbocycles. The first-order valence-corrected chi connectivity index (χ1v) is 5.77. The van der Waals surface area contributed by atoms with Gasteiger partial charge in [0.25, 0.3) is 0 Å². The van der Waals surface area contributed by atoms with E-state index in [-0.39, 0.29) is 12.3 Å². The molecule has 0 bridgehead atoms. The number of halogens is 1. The van der Waals surface area contributed by atoms with Gasteiger partial charge in [-0.05, 0) is 18.6 Å². The van der Waals surface area contributed by atoms with Crippen LogP contribution in [0.5, 0.6) is 5.75 Å². The number of hydrogen-bond acceptors (Lipinski definition) is 3. The molecule has 17 heavy (non-hydrogen) atoms. The summed E-state index contributed by atoms with van der Waals surface area (Å²) in [5.41, 5.74) is 0. The molecule has 2 rings (SSSR count). The largest absolute Gasteiger partial charge is 0.415 e. The molecule has 1 aliphatic rings. The summed E-state index contributed by atoms with van der Waals surface area (Å²) in [6, 6.07) is 6.75. The van der Waals surface area contributed by atoms with Crippen molar-refractivity contribution in [1.82, 2.24) is 4.90 Å². The number of rotatable bonds is 1. The predicted molar refractivity (Wildman–Crippen MR) is 63.3 cm³/mol. The van der Waals surface area contributed by atoms with Gasteiger partial charge in [-0.1, -0.05) is 23.7 Å². The van der Waals surface area contributed by atoms with Crippen molar-refractivity contribution in [3.8, 4) is 5.75 Å². The minimum absolute atomic E-state index is 0.0624. The summed E-state index contributed by atoms with van der Waals surface area (Å²) < 4.78 is 5.14. The molecule has 1 aliphatic heterocycles. The highest BCUT2D eigenvalue weighted by Crippen LogP contribution is 2.24. The van der Waals surface area contributed by atoms with Crippen LogP contribution >= 0.6 is 11.6 Å². The number of Topliss-reactive ketones (excluding diaryl/α,β-unsaturated/α-hetero) is 1. The Morgan fingerprint density at radius 2 is 2.12 bits per heavy atom. The fraction of sp³-hybridized carbons (Fsp3) is 0.333. The maximum absolute atomic E-state index is 11.8. The number of ether oxygens (including phenoxy) is 1. The maximum atomic E-state index is 11.8. The Kier molecular flexibility index (Phi) is 3.64. The minimum atomic E-state index is -0.522. The monoisotopic (exact) mass is 253 g/mol. The number of likely N-dealkylation sites (tertiary alicyclic amines) is 1. The van der Waals surface area contributed by atoms with Crippen molar-refractivity contribution in [1.29, 1.82) is 0 Å². The highest BCUT2D eigenvalue weighted by Gasteiger charge is 2.23. The summed E-state index contributed by atoms with van der Waals surface area (Å²) in [5.74, 6) is 0.379. The van der Waals surface area contributed by atoms with Crippen LogP contribution in [0.3, 0.4) is 0 Å². The summed E-state index contributed by atoms with van der Waals surface area (Å²) in [5, 5.41) is 0.379. The average Bonchev–Trinajstić information content (AvgIpc) is 2.32. The van der Waals surface area contributed by atoms with Crippen molar-refractivity contribution in [2.75, 3.05) is 13.1 Å². The number of amides is 1. The van der Waals surface area contributed by atoms with E-state index in [2.05, 4.69) is 0 Å². The van der Waals surface area contributed by atoms with Crippen molar-refractivity contribution in [2.45, 2.75) is 12.8 Å². The van der Waals surface area contributed by atoms with Crippen molar-refractivity contribution < 1.29 is 14.3 Å². The lowest BCUT2D eigenvalue weighted by molar-refractivity contribution is -0.121. The topological polar surface area (TPSA) is 46.6 Å². The van der Waals surface area contributed by atoms with Crippen LogP contribution in [0.4, 0.5) is 4.79 Å². The first-order chi connectivity index (χ1) is 8.16. The van der Waals surface area contributed by atoms with E-state index >= 15 is 0 Å². The molecule has 1 fully saturated rings. The standard InChI is InChI=1S/C12H12ClNO3/c13-10-5-1-2-6-11(10)17-12(16)14-7-3-4-9(15)8-14/h1-2,5-6H,3-4,7-8H2. The molecular weight excluding hydrogens is 242 g/mol. The van der Waals surface area contributed by atoms with Crippen LogP contribution in [0, 0.1) is 0 Å². The number of para-hydroxylation sites is 1. The van der Waals surface area contributed by atoms with E-state index in [1.165, 1.54) is 4.90 Å². The number of carbonyl (C=O) groups is 2. The second-order valence-corrected chi connectivity index (χ2v) is 4.27. The van der Waals surface area contributed by atoms with Crippen molar-refractivity contribution >= 4 is 23.5 Å². The van der Waals surface area contributed by atoms with Crippen molar-refractivity contribution in [2.24, 2.45) is 0 Å². The third kappa shape index (κ3) is 2.97. The van der Waals surface area contributed by atoms with Gasteiger partial charge < -0.3 is 9.64 Å². The zero-order chi connectivity index (χ0) is 12.3. The Labute approximate surface area is 104 Å². The fourth-order valence-electron chi connectivity index (χ4n) is 1.68. The van der Waals surface area contributed by atoms with Gasteiger partial charge in [-0.25, -0.2) is 4.79 Å². The number of ketones is 1. The van der Waals surface area contributed by atoms with Gasteiger partial charge in [-0.15, -0.1) is 0 Å². The molecule has 0 unspecified atom stereocenters. The molecule has 0 N–H and O–H groups in total. The van der Waals surface area contributed by atoms with Gasteiger partial charge in [0, 0.05) is 13.0 Å². The lowest BCUT2D eigenvalue weighted by Crippen LogP contribution is -2.41. The number of benzene rings is 1. The molecule has 0 aliphatic carbocycles. The molecule has 1 heterocycles. The molecule has 0 aromatic heterocycles. The first kappa shape index (κ1) is 11.9. The van der Waals surface area contributed by atoms with Gasteiger partial charge in [-0.3, -0.25) is 4.79 Å². The molecule has 0 spiro atoms. The Bertz CT molecular complexity index is 447. The molecule has 1 amide bonds. The predicted octanol–water partition coefficient (Wildman–Crippen LogP) is 2.50. The van der Waals surface area contributed by atoms with Crippen molar-refractivity contribution in [3.63, 3.8) is 0 Å². The maximum Gasteiger partial charge on any atom is 0.415 e. The summed E-state index contributed by atoms with van der Waals surface area (Å²) in [6.07, 6.45) is 0.706.